The number of hydrogen-bond donors (Lipinski definition) is 1. The maximum atomic E-state index is 11.7. The normalized spacial score (nSPS) is 11.8. The third-order valence-corrected chi connectivity index (χ3v) is 6.85. The van der Waals surface area contributed by atoms with E-state index in [1.807, 2.05) is 59.2 Å². The molecule has 4 aromatic rings. The van der Waals surface area contributed by atoms with Crippen molar-refractivity contribution in [1.82, 2.24) is 5.32 Å². The van der Waals surface area contributed by atoms with Gasteiger partial charge in [0.15, 0.2) is 0 Å². The lowest BCUT2D eigenvalue weighted by molar-refractivity contribution is 0.0954. The molecule has 2 aromatic carbocycles. The SMILES string of the molecule is C.O=C(NCCc1cccs1)c1ccccc1.O=P(Cl)(Cl)Cl.c1ccc(C2=NCCc3sccc32)cc1. The number of aliphatic imine (C=N–C) groups is 1. The Morgan fingerprint density at radius 1 is 0.892 bits per heavy atom. The van der Waals surface area contributed by atoms with Crippen LogP contribution in [0.1, 0.15) is 38.7 Å². The molecule has 1 aliphatic rings. The second kappa shape index (κ2) is 16.1. The van der Waals surface area contributed by atoms with Gasteiger partial charge < -0.3 is 5.32 Å². The van der Waals surface area contributed by atoms with Crippen LogP contribution >= 0.6 is 61.6 Å². The van der Waals surface area contributed by atoms with Crippen molar-refractivity contribution in [1.29, 1.82) is 0 Å². The maximum Gasteiger partial charge on any atom is 0.339 e. The predicted molar refractivity (Wildman–Crippen MR) is 164 cm³/mol. The van der Waals surface area contributed by atoms with Crippen LogP contribution in [-0.2, 0) is 17.4 Å². The molecule has 0 atom stereocenters. The van der Waals surface area contributed by atoms with Crippen molar-refractivity contribution >= 4 is 73.2 Å². The van der Waals surface area contributed by atoms with Gasteiger partial charge in [-0.15, -0.1) is 22.7 Å². The number of thiophene rings is 2. The molecule has 1 aliphatic heterocycles. The molecule has 3 heterocycles. The molecule has 196 valence electrons. The fourth-order valence-corrected chi connectivity index (χ4v) is 4.97. The van der Waals surface area contributed by atoms with Gasteiger partial charge in [0.2, 0.25) is 0 Å². The van der Waals surface area contributed by atoms with E-state index in [9.17, 15) is 9.36 Å². The molecule has 0 aliphatic carbocycles. The maximum absolute atomic E-state index is 11.7. The minimum Gasteiger partial charge on any atom is -0.352 e. The van der Waals surface area contributed by atoms with E-state index in [1.54, 1.807) is 11.3 Å². The Balaban J connectivity index is 0.000000216. The zero-order valence-corrected chi connectivity index (χ0v) is 23.9. The first kappa shape index (κ1) is 31.3. The molecule has 0 saturated heterocycles. The standard InChI is InChI=1S/C13H13NOS.C13H11NS.CH4.Cl3OP/c15-13(11-5-2-1-3-6-11)14-9-8-12-7-4-10-16-12;1-2-4-10(5-3-1)13-11-7-9-15-12(11)6-8-14-13;;1-5(2,3)4/h1-7,10H,8-9H2,(H,14,15);1-5,7,9H,6,8H2;1H4;. The zero-order chi connectivity index (χ0) is 25.8. The molecule has 0 bridgehead atoms. The summed E-state index contributed by atoms with van der Waals surface area (Å²) in [4.78, 5) is 19.1. The first-order valence-electron chi connectivity index (χ1n) is 11.0. The first-order chi connectivity index (χ1) is 17.3. The summed E-state index contributed by atoms with van der Waals surface area (Å²) >= 11 is 17.4. The average Bonchev–Trinajstić information content (AvgIpc) is 3.56. The lowest BCUT2D eigenvalue weighted by Crippen LogP contribution is -2.25. The molecule has 0 saturated carbocycles. The van der Waals surface area contributed by atoms with Crippen LogP contribution in [0.5, 0.6) is 0 Å². The topological polar surface area (TPSA) is 58.5 Å². The second-order valence-electron chi connectivity index (χ2n) is 7.45. The van der Waals surface area contributed by atoms with Crippen LogP contribution in [0.4, 0.5) is 0 Å². The molecular formula is C27H28Cl3N2O2PS2. The Morgan fingerprint density at radius 3 is 2.16 bits per heavy atom. The second-order valence-corrected chi connectivity index (χ2v) is 16.1. The Hall–Kier alpha value is -1.92. The fraction of sp³-hybridized carbons (Fsp3) is 0.185. The highest BCUT2D eigenvalue weighted by Crippen LogP contribution is 2.61. The number of carbonyl (C=O) groups excluding carboxylic acids is 1. The Morgan fingerprint density at radius 2 is 1.54 bits per heavy atom. The lowest BCUT2D eigenvalue weighted by Gasteiger charge is -2.12. The fourth-order valence-electron chi connectivity index (χ4n) is 3.39. The van der Waals surface area contributed by atoms with Gasteiger partial charge in [0.1, 0.15) is 0 Å². The van der Waals surface area contributed by atoms with Gasteiger partial charge in [-0.25, -0.2) is 0 Å². The minimum atomic E-state index is -3.22. The average molecular weight is 614 g/mol. The number of nitrogens with zero attached hydrogens (tertiary/aromatic N) is 1. The van der Waals surface area contributed by atoms with Crippen molar-refractivity contribution in [2.24, 2.45) is 4.99 Å². The molecule has 0 fully saturated rings. The van der Waals surface area contributed by atoms with Gasteiger partial charge in [-0.1, -0.05) is 62.0 Å². The van der Waals surface area contributed by atoms with E-state index >= 15 is 0 Å². The van der Waals surface area contributed by atoms with Crippen LogP contribution < -0.4 is 5.32 Å². The number of halogens is 3. The molecule has 5 rings (SSSR count). The summed E-state index contributed by atoms with van der Waals surface area (Å²) in [5.74, 6) is -0.00263. The van der Waals surface area contributed by atoms with Crippen molar-refractivity contribution in [2.75, 3.05) is 13.1 Å². The lowest BCUT2D eigenvalue weighted by atomic mass is 10.00. The summed E-state index contributed by atoms with van der Waals surface area (Å²) in [6, 6.07) is 26.0. The molecule has 0 radical (unpaired) electrons. The third-order valence-electron chi connectivity index (χ3n) is 4.93. The highest BCUT2D eigenvalue weighted by atomic mass is 36.0. The van der Waals surface area contributed by atoms with Gasteiger partial charge in [-0.3, -0.25) is 14.4 Å². The summed E-state index contributed by atoms with van der Waals surface area (Å²) in [6.07, 6.45) is 2.00. The van der Waals surface area contributed by atoms with Crippen molar-refractivity contribution in [3.63, 3.8) is 0 Å². The van der Waals surface area contributed by atoms with E-state index in [2.05, 4.69) is 85.8 Å². The van der Waals surface area contributed by atoms with Gasteiger partial charge in [0, 0.05) is 46.0 Å². The first-order valence-corrected chi connectivity index (χ1v) is 17.2. The third kappa shape index (κ3) is 11.6. The summed E-state index contributed by atoms with van der Waals surface area (Å²) in [5, 5.41) is 3.89. The summed E-state index contributed by atoms with van der Waals surface area (Å²) in [6.45, 7) is 1.62. The summed E-state index contributed by atoms with van der Waals surface area (Å²) in [5.41, 5.74) is 4.45. The number of nitrogens with one attached hydrogen (secondary N) is 1. The number of rotatable bonds is 5. The largest absolute Gasteiger partial charge is 0.352 e. The van der Waals surface area contributed by atoms with Crippen LogP contribution in [0.25, 0.3) is 0 Å². The van der Waals surface area contributed by atoms with Gasteiger partial charge in [0.25, 0.3) is 5.91 Å². The smallest absolute Gasteiger partial charge is 0.339 e. The molecule has 37 heavy (non-hydrogen) atoms. The van der Waals surface area contributed by atoms with Crippen molar-refractivity contribution in [3.05, 3.63) is 116 Å². The number of benzene rings is 2. The molecular weight excluding hydrogens is 586 g/mol. The summed E-state index contributed by atoms with van der Waals surface area (Å²) < 4.78 is 9.51. The summed E-state index contributed by atoms with van der Waals surface area (Å²) in [7, 11) is 0. The van der Waals surface area contributed by atoms with E-state index in [-0.39, 0.29) is 13.3 Å². The predicted octanol–water partition coefficient (Wildman–Crippen LogP) is 9.31. The van der Waals surface area contributed by atoms with Gasteiger partial charge in [0.05, 0.1) is 5.71 Å². The van der Waals surface area contributed by atoms with E-state index in [4.69, 9.17) is 0 Å². The van der Waals surface area contributed by atoms with Crippen molar-refractivity contribution < 1.29 is 9.36 Å². The van der Waals surface area contributed by atoms with E-state index in [0.717, 1.165) is 25.1 Å². The molecule has 0 spiro atoms. The van der Waals surface area contributed by atoms with Gasteiger partial charge >= 0.3 is 5.20 Å². The molecule has 0 unspecified atom stereocenters. The van der Waals surface area contributed by atoms with Crippen LogP contribution in [0.15, 0.2) is 94.6 Å². The van der Waals surface area contributed by atoms with Gasteiger partial charge in [-0.2, -0.15) is 0 Å². The van der Waals surface area contributed by atoms with Crippen LogP contribution in [0, 0.1) is 0 Å². The van der Waals surface area contributed by atoms with Crippen molar-refractivity contribution in [2.45, 2.75) is 20.3 Å². The van der Waals surface area contributed by atoms with Crippen molar-refractivity contribution in [3.8, 4) is 0 Å². The minimum absolute atomic E-state index is 0. The molecule has 2 aromatic heterocycles. The van der Waals surface area contributed by atoms with E-state index in [1.165, 1.54) is 20.9 Å². The van der Waals surface area contributed by atoms with E-state index in [0.29, 0.717) is 12.1 Å². The van der Waals surface area contributed by atoms with Crippen LogP contribution in [0.3, 0.4) is 0 Å². The quantitative estimate of drug-likeness (QED) is 0.228. The van der Waals surface area contributed by atoms with Crippen LogP contribution in [0.2, 0.25) is 0 Å². The monoisotopic (exact) mass is 612 g/mol. The Labute approximate surface area is 241 Å². The number of amides is 1. The number of fused-ring (bicyclic) bond motifs is 1. The molecule has 10 heteroatoms. The molecule has 4 nitrogen and oxygen atoms in total. The molecule has 1 N–H and O–H groups in total. The zero-order valence-electron chi connectivity index (χ0n) is 19.1. The van der Waals surface area contributed by atoms with Gasteiger partial charge in [-0.05, 0) is 75.2 Å². The molecule has 1 amide bonds. The number of hydrogen-bond acceptors (Lipinski definition) is 5. The highest BCUT2D eigenvalue weighted by Gasteiger charge is 2.16. The number of carbonyl (C=O) groups is 1. The highest BCUT2D eigenvalue weighted by molar-refractivity contribution is 8.24. The van der Waals surface area contributed by atoms with E-state index < -0.39 is 5.20 Å². The van der Waals surface area contributed by atoms with Crippen LogP contribution in [-0.4, -0.2) is 24.7 Å². The Bertz CT molecular complexity index is 1280. The Kier molecular flexibility index (Phi) is 13.6.